The minimum atomic E-state index is -1.67. The number of fused-ring (bicyclic) bond motifs is 1. The van der Waals surface area contributed by atoms with Crippen LogP contribution in [0, 0.1) is 31.3 Å². The lowest BCUT2D eigenvalue weighted by atomic mass is 10.1. The Morgan fingerprint density at radius 3 is 2.09 bits per heavy atom. The minimum Gasteiger partial charge on any atom is -0.337 e. The van der Waals surface area contributed by atoms with Gasteiger partial charge in [0.2, 0.25) is 0 Å². The van der Waals surface area contributed by atoms with Gasteiger partial charge in [0.1, 0.15) is 0 Å². The highest BCUT2D eigenvalue weighted by Crippen LogP contribution is 2.20. The van der Waals surface area contributed by atoms with Crippen molar-refractivity contribution < 1.29 is 22.8 Å². The van der Waals surface area contributed by atoms with Gasteiger partial charge in [0.15, 0.2) is 17.5 Å². The summed E-state index contributed by atoms with van der Waals surface area (Å²) in [6.45, 7) is 4.77. The Balaban J connectivity index is 1.50. The molecule has 4 rings (SSSR count). The van der Waals surface area contributed by atoms with Crippen LogP contribution in [0.2, 0.25) is 0 Å². The fraction of sp³-hybridized carbons (Fsp3) is 0.304. The van der Waals surface area contributed by atoms with E-state index >= 15 is 0 Å². The van der Waals surface area contributed by atoms with E-state index in [2.05, 4.69) is 9.97 Å². The number of carbonyl (C=O) groups excluding carboxylic acids is 2. The molecule has 1 saturated heterocycles. The third-order valence-corrected chi connectivity index (χ3v) is 5.66. The van der Waals surface area contributed by atoms with E-state index in [0.717, 1.165) is 23.5 Å². The van der Waals surface area contributed by atoms with Gasteiger partial charge in [0.05, 0.1) is 28.0 Å². The number of aryl methyl sites for hydroxylation is 2. The van der Waals surface area contributed by atoms with Gasteiger partial charge < -0.3 is 9.80 Å². The molecule has 6 nitrogen and oxygen atoms in total. The minimum absolute atomic E-state index is 0.148. The van der Waals surface area contributed by atoms with Crippen molar-refractivity contribution in [3.63, 3.8) is 0 Å². The number of aromatic nitrogens is 2. The van der Waals surface area contributed by atoms with Crippen molar-refractivity contribution in [3.8, 4) is 0 Å². The predicted molar refractivity (Wildman–Crippen MR) is 112 cm³/mol. The zero-order chi connectivity index (χ0) is 23.0. The topological polar surface area (TPSA) is 66.4 Å². The number of hydrogen-bond donors (Lipinski definition) is 0. The first-order valence-electron chi connectivity index (χ1n) is 10.2. The first kappa shape index (κ1) is 21.7. The van der Waals surface area contributed by atoms with Crippen LogP contribution in [0.15, 0.2) is 30.3 Å². The molecule has 3 aromatic rings. The average molecular weight is 442 g/mol. The summed E-state index contributed by atoms with van der Waals surface area (Å²) >= 11 is 0. The van der Waals surface area contributed by atoms with Crippen LogP contribution >= 0.6 is 0 Å². The molecule has 2 aromatic carbocycles. The average Bonchev–Trinajstić information content (AvgIpc) is 3.03. The van der Waals surface area contributed by atoms with Gasteiger partial charge in [-0.1, -0.05) is 0 Å². The molecule has 0 saturated carbocycles. The van der Waals surface area contributed by atoms with Crippen LogP contribution in [0.25, 0.3) is 11.0 Å². The first-order valence-corrected chi connectivity index (χ1v) is 10.2. The van der Waals surface area contributed by atoms with Crippen molar-refractivity contribution in [1.29, 1.82) is 0 Å². The van der Waals surface area contributed by atoms with Gasteiger partial charge in [0, 0.05) is 31.7 Å². The Kier molecular flexibility index (Phi) is 5.82. The number of rotatable bonds is 2. The molecule has 2 heterocycles. The van der Waals surface area contributed by atoms with Gasteiger partial charge >= 0.3 is 0 Å². The SMILES string of the molecule is Cc1nc2ccc(C(=O)N3CCCN(C(=O)c4ccc(F)c(F)c4F)CC3)cc2nc1C. The zero-order valence-electron chi connectivity index (χ0n) is 17.7. The summed E-state index contributed by atoms with van der Waals surface area (Å²) in [5.74, 6) is -5.47. The molecule has 0 spiro atoms. The monoisotopic (exact) mass is 442 g/mol. The number of nitrogens with zero attached hydrogens (tertiary/aromatic N) is 4. The molecule has 2 amide bonds. The van der Waals surface area contributed by atoms with Crippen LogP contribution in [0.4, 0.5) is 13.2 Å². The molecular weight excluding hydrogens is 421 g/mol. The molecule has 166 valence electrons. The van der Waals surface area contributed by atoms with Crippen molar-refractivity contribution in [1.82, 2.24) is 19.8 Å². The Morgan fingerprint density at radius 2 is 1.41 bits per heavy atom. The third-order valence-electron chi connectivity index (χ3n) is 5.66. The van der Waals surface area contributed by atoms with Gasteiger partial charge in [0.25, 0.3) is 11.8 Å². The van der Waals surface area contributed by atoms with Gasteiger partial charge in [-0.15, -0.1) is 0 Å². The van der Waals surface area contributed by atoms with E-state index < -0.39 is 28.9 Å². The van der Waals surface area contributed by atoms with Crippen molar-refractivity contribution in [2.45, 2.75) is 20.3 Å². The highest BCUT2D eigenvalue weighted by Gasteiger charge is 2.27. The quantitative estimate of drug-likeness (QED) is 0.569. The number of amides is 2. The Hall–Kier alpha value is -3.49. The standard InChI is InChI=1S/C23H21F3N4O2/c1-13-14(2)28-19-12-15(4-7-18(19)27-13)22(31)29-8-3-9-30(11-10-29)23(32)16-5-6-17(24)21(26)20(16)25/h4-7,12H,3,8-11H2,1-2H3. The number of hydrogen-bond acceptors (Lipinski definition) is 4. The van der Waals surface area contributed by atoms with Crippen LogP contribution in [-0.4, -0.2) is 57.8 Å². The summed E-state index contributed by atoms with van der Waals surface area (Å²) in [6, 6.07) is 6.80. The van der Waals surface area contributed by atoms with Crippen molar-refractivity contribution in [3.05, 3.63) is 70.3 Å². The Bertz CT molecular complexity index is 1230. The maximum Gasteiger partial charge on any atom is 0.257 e. The third kappa shape index (κ3) is 4.02. The predicted octanol–water partition coefficient (Wildman–Crippen LogP) is 3.65. The van der Waals surface area contributed by atoms with E-state index in [-0.39, 0.29) is 25.5 Å². The fourth-order valence-corrected chi connectivity index (χ4v) is 3.73. The molecule has 0 radical (unpaired) electrons. The number of halogens is 3. The second-order valence-electron chi connectivity index (χ2n) is 7.76. The van der Waals surface area contributed by atoms with Crippen LogP contribution in [0.5, 0.6) is 0 Å². The van der Waals surface area contributed by atoms with Gasteiger partial charge in [-0.2, -0.15) is 0 Å². The molecule has 1 aliphatic heterocycles. The molecule has 0 N–H and O–H groups in total. The smallest absolute Gasteiger partial charge is 0.257 e. The maximum absolute atomic E-state index is 14.0. The molecular formula is C23H21F3N4O2. The van der Waals surface area contributed by atoms with E-state index in [1.54, 1.807) is 23.1 Å². The summed E-state index contributed by atoms with van der Waals surface area (Å²) in [7, 11) is 0. The summed E-state index contributed by atoms with van der Waals surface area (Å²) in [4.78, 5) is 37.6. The van der Waals surface area contributed by atoms with E-state index in [1.807, 2.05) is 13.8 Å². The van der Waals surface area contributed by atoms with Gasteiger partial charge in [-0.05, 0) is 50.6 Å². The van der Waals surface area contributed by atoms with Crippen LogP contribution < -0.4 is 0 Å². The Morgan fingerprint density at radius 1 is 0.781 bits per heavy atom. The van der Waals surface area contributed by atoms with Crippen molar-refractivity contribution in [2.24, 2.45) is 0 Å². The van der Waals surface area contributed by atoms with E-state index in [4.69, 9.17) is 0 Å². The molecule has 1 fully saturated rings. The molecule has 0 bridgehead atoms. The molecule has 0 unspecified atom stereocenters. The van der Waals surface area contributed by atoms with E-state index in [0.29, 0.717) is 29.6 Å². The van der Waals surface area contributed by atoms with Crippen molar-refractivity contribution in [2.75, 3.05) is 26.2 Å². The largest absolute Gasteiger partial charge is 0.337 e. The summed E-state index contributed by atoms with van der Waals surface area (Å²) in [6.07, 6.45) is 0.467. The summed E-state index contributed by atoms with van der Waals surface area (Å²) < 4.78 is 40.7. The molecule has 9 heteroatoms. The van der Waals surface area contributed by atoms with Crippen LogP contribution in [0.3, 0.4) is 0 Å². The first-order chi connectivity index (χ1) is 15.3. The second kappa shape index (κ2) is 8.57. The van der Waals surface area contributed by atoms with E-state index in [1.165, 1.54) is 4.90 Å². The molecule has 1 aromatic heterocycles. The second-order valence-corrected chi connectivity index (χ2v) is 7.76. The molecule has 1 aliphatic rings. The lowest BCUT2D eigenvalue weighted by Crippen LogP contribution is -2.37. The molecule has 0 aliphatic carbocycles. The lowest BCUT2D eigenvalue weighted by Gasteiger charge is -2.22. The van der Waals surface area contributed by atoms with Gasteiger partial charge in [-0.25, -0.2) is 23.1 Å². The fourth-order valence-electron chi connectivity index (χ4n) is 3.73. The molecule has 32 heavy (non-hydrogen) atoms. The highest BCUT2D eigenvalue weighted by atomic mass is 19.2. The normalized spacial score (nSPS) is 14.5. The van der Waals surface area contributed by atoms with Crippen molar-refractivity contribution >= 4 is 22.8 Å². The molecule has 0 atom stereocenters. The van der Waals surface area contributed by atoms with Crippen LogP contribution in [0.1, 0.15) is 38.5 Å². The Labute approximate surface area is 182 Å². The number of carbonyl (C=O) groups is 2. The highest BCUT2D eigenvalue weighted by molar-refractivity contribution is 5.97. The maximum atomic E-state index is 14.0. The van der Waals surface area contributed by atoms with Gasteiger partial charge in [-0.3, -0.25) is 9.59 Å². The lowest BCUT2D eigenvalue weighted by molar-refractivity contribution is 0.0715. The zero-order valence-corrected chi connectivity index (χ0v) is 17.7. The van der Waals surface area contributed by atoms with E-state index in [9.17, 15) is 22.8 Å². The van der Waals surface area contributed by atoms with Crippen LogP contribution in [-0.2, 0) is 0 Å². The summed E-state index contributed by atoms with van der Waals surface area (Å²) in [5, 5.41) is 0. The number of benzene rings is 2. The summed E-state index contributed by atoms with van der Waals surface area (Å²) in [5.41, 5.74) is 2.87.